The first kappa shape index (κ1) is 23.5. The van der Waals surface area contributed by atoms with E-state index < -0.39 is 16.0 Å². The number of rotatable bonds is 5. The van der Waals surface area contributed by atoms with Crippen LogP contribution in [0, 0.1) is 19.8 Å². The smallest absolute Gasteiger partial charge is 0.341 e. The maximum absolute atomic E-state index is 13.5. The first-order chi connectivity index (χ1) is 15.7. The second kappa shape index (κ2) is 9.30. The van der Waals surface area contributed by atoms with Gasteiger partial charge in [-0.25, -0.2) is 13.2 Å². The van der Waals surface area contributed by atoms with E-state index in [4.69, 9.17) is 4.74 Å². The zero-order valence-electron chi connectivity index (χ0n) is 19.4. The number of hydrogen-bond donors (Lipinski definition) is 1. The normalized spacial score (nSPS) is 17.6. The van der Waals surface area contributed by atoms with Gasteiger partial charge in [-0.3, -0.25) is 4.79 Å². The molecule has 0 saturated carbocycles. The molecule has 1 aromatic carbocycles. The minimum absolute atomic E-state index is 0.0177. The molecule has 3 heterocycles. The monoisotopic (exact) mass is 473 g/mol. The largest absolute Gasteiger partial charge is 0.462 e. The van der Waals surface area contributed by atoms with Crippen LogP contribution in [0.25, 0.3) is 0 Å². The van der Waals surface area contributed by atoms with Crippen molar-refractivity contribution in [2.24, 2.45) is 5.92 Å². The van der Waals surface area contributed by atoms with Gasteiger partial charge in [-0.15, -0.1) is 0 Å². The van der Waals surface area contributed by atoms with Gasteiger partial charge < -0.3 is 14.6 Å². The Morgan fingerprint density at radius 3 is 2.39 bits per heavy atom. The number of fused-ring (bicyclic) bond motifs is 1. The molecular formula is C24H31N3O5S. The van der Waals surface area contributed by atoms with E-state index in [1.807, 2.05) is 17.0 Å². The number of H-pyrrole nitrogens is 1. The molecule has 4 rings (SSSR count). The number of carbonyl (C=O) groups excluding carboxylic acids is 2. The van der Waals surface area contributed by atoms with Crippen LogP contribution in [0.2, 0.25) is 0 Å². The van der Waals surface area contributed by atoms with Crippen molar-refractivity contribution in [2.45, 2.75) is 51.5 Å². The van der Waals surface area contributed by atoms with Crippen LogP contribution in [0.5, 0.6) is 0 Å². The Morgan fingerprint density at radius 1 is 1.06 bits per heavy atom. The van der Waals surface area contributed by atoms with Gasteiger partial charge in [-0.1, -0.05) is 24.3 Å². The molecule has 2 aliphatic rings. The summed E-state index contributed by atoms with van der Waals surface area (Å²) in [6, 6.07) is 8.18. The van der Waals surface area contributed by atoms with Crippen LogP contribution < -0.4 is 0 Å². The van der Waals surface area contributed by atoms with Crippen LogP contribution in [0.1, 0.15) is 52.6 Å². The minimum atomic E-state index is -3.90. The van der Waals surface area contributed by atoms with Gasteiger partial charge in [0.05, 0.1) is 6.61 Å². The highest BCUT2D eigenvalue weighted by Crippen LogP contribution is 2.31. The standard InChI is InChI=1S/C24H31N3O5S/c1-4-32-24(29)21-16(2)25-17(3)22(21)33(30,31)27-13-10-19(11-14-27)23(28)26-12-9-18-7-5-6-8-20(18)15-26/h5-8,19,25H,4,9-15H2,1-3H3. The van der Waals surface area contributed by atoms with Gasteiger partial charge >= 0.3 is 5.97 Å². The molecule has 33 heavy (non-hydrogen) atoms. The summed E-state index contributed by atoms with van der Waals surface area (Å²) in [7, 11) is -3.90. The van der Waals surface area contributed by atoms with Crippen molar-refractivity contribution in [1.29, 1.82) is 0 Å². The molecule has 0 radical (unpaired) electrons. The Kier molecular flexibility index (Phi) is 6.63. The van der Waals surface area contributed by atoms with Gasteiger partial charge in [0, 0.05) is 43.5 Å². The zero-order valence-corrected chi connectivity index (χ0v) is 20.2. The zero-order chi connectivity index (χ0) is 23.8. The molecule has 2 aromatic rings. The lowest BCUT2D eigenvalue weighted by Gasteiger charge is -2.35. The highest BCUT2D eigenvalue weighted by atomic mass is 32.2. The molecule has 0 spiro atoms. The van der Waals surface area contributed by atoms with Crippen LogP contribution >= 0.6 is 0 Å². The number of ether oxygens (including phenoxy) is 1. The highest BCUT2D eigenvalue weighted by molar-refractivity contribution is 7.89. The van der Waals surface area contributed by atoms with Gasteiger partial charge in [0.1, 0.15) is 10.5 Å². The number of amides is 1. The molecule has 9 heteroatoms. The van der Waals surface area contributed by atoms with Crippen molar-refractivity contribution in [3.8, 4) is 0 Å². The number of benzene rings is 1. The second-order valence-corrected chi connectivity index (χ2v) is 10.6. The number of piperidine rings is 1. The lowest BCUT2D eigenvalue weighted by molar-refractivity contribution is -0.137. The number of esters is 1. The summed E-state index contributed by atoms with van der Waals surface area (Å²) in [6.45, 7) is 6.95. The summed E-state index contributed by atoms with van der Waals surface area (Å²) in [6.07, 6.45) is 1.78. The molecule has 178 valence electrons. The number of aromatic amines is 1. The fourth-order valence-corrected chi connectivity index (χ4v) is 6.83. The third-order valence-corrected chi connectivity index (χ3v) is 8.71. The molecule has 1 aromatic heterocycles. The molecule has 8 nitrogen and oxygen atoms in total. The van der Waals surface area contributed by atoms with Crippen LogP contribution in [0.15, 0.2) is 29.2 Å². The Labute approximate surface area is 195 Å². The Balaban J connectivity index is 1.46. The van der Waals surface area contributed by atoms with Gasteiger partial charge in [-0.05, 0) is 51.2 Å². The van der Waals surface area contributed by atoms with Crippen LogP contribution in [0.4, 0.5) is 0 Å². The lowest BCUT2D eigenvalue weighted by Crippen LogP contribution is -2.45. The van der Waals surface area contributed by atoms with E-state index in [1.165, 1.54) is 15.4 Å². The van der Waals surface area contributed by atoms with Crippen molar-refractivity contribution in [2.75, 3.05) is 26.2 Å². The molecule has 1 N–H and O–H groups in total. The Morgan fingerprint density at radius 2 is 1.73 bits per heavy atom. The lowest BCUT2D eigenvalue weighted by atomic mass is 9.94. The first-order valence-electron chi connectivity index (χ1n) is 11.5. The third-order valence-electron chi connectivity index (χ3n) is 6.64. The molecule has 1 amide bonds. The number of hydrogen-bond acceptors (Lipinski definition) is 5. The predicted molar refractivity (Wildman–Crippen MR) is 123 cm³/mol. The molecular weight excluding hydrogens is 442 g/mol. The number of carbonyl (C=O) groups is 2. The molecule has 1 fully saturated rings. The predicted octanol–water partition coefficient (Wildman–Crippen LogP) is 2.79. The van der Waals surface area contributed by atoms with E-state index in [-0.39, 0.29) is 42.0 Å². The molecule has 1 saturated heterocycles. The molecule has 0 atom stereocenters. The summed E-state index contributed by atoms with van der Waals surface area (Å²) in [4.78, 5) is 30.5. The SMILES string of the molecule is CCOC(=O)c1c(C)[nH]c(C)c1S(=O)(=O)N1CCC(C(=O)N2CCc3ccccc3C2)CC1. The summed E-state index contributed by atoms with van der Waals surface area (Å²) in [5, 5.41) is 0. The number of nitrogens with one attached hydrogen (secondary N) is 1. The first-order valence-corrected chi connectivity index (χ1v) is 12.9. The summed E-state index contributed by atoms with van der Waals surface area (Å²) < 4.78 is 33.4. The van der Waals surface area contributed by atoms with Gasteiger partial charge in [0.25, 0.3) is 0 Å². The Hall–Kier alpha value is -2.65. The number of aryl methyl sites for hydroxylation is 2. The van der Waals surface area contributed by atoms with E-state index in [2.05, 4.69) is 17.1 Å². The van der Waals surface area contributed by atoms with E-state index in [0.717, 1.165) is 6.42 Å². The van der Waals surface area contributed by atoms with Gasteiger partial charge in [0.2, 0.25) is 15.9 Å². The van der Waals surface area contributed by atoms with E-state index in [9.17, 15) is 18.0 Å². The molecule has 2 aliphatic heterocycles. The van der Waals surface area contributed by atoms with E-state index in [0.29, 0.717) is 37.3 Å². The average molecular weight is 474 g/mol. The van der Waals surface area contributed by atoms with E-state index >= 15 is 0 Å². The van der Waals surface area contributed by atoms with Crippen LogP contribution in [-0.2, 0) is 32.5 Å². The maximum Gasteiger partial charge on any atom is 0.341 e. The highest BCUT2D eigenvalue weighted by Gasteiger charge is 2.38. The molecule has 0 aliphatic carbocycles. The number of nitrogens with zero attached hydrogens (tertiary/aromatic N) is 2. The van der Waals surface area contributed by atoms with Crippen molar-refractivity contribution in [3.63, 3.8) is 0 Å². The van der Waals surface area contributed by atoms with Crippen LogP contribution in [0.3, 0.4) is 0 Å². The minimum Gasteiger partial charge on any atom is -0.462 e. The fraction of sp³-hybridized carbons (Fsp3) is 0.500. The fourth-order valence-electron chi connectivity index (χ4n) is 4.94. The topological polar surface area (TPSA) is 99.8 Å². The quantitative estimate of drug-likeness (QED) is 0.673. The second-order valence-electron chi connectivity index (χ2n) is 8.76. The van der Waals surface area contributed by atoms with Crippen molar-refractivity contribution in [3.05, 3.63) is 52.3 Å². The van der Waals surface area contributed by atoms with Crippen molar-refractivity contribution in [1.82, 2.24) is 14.2 Å². The van der Waals surface area contributed by atoms with Gasteiger partial charge in [-0.2, -0.15) is 4.31 Å². The summed E-state index contributed by atoms with van der Waals surface area (Å²) >= 11 is 0. The summed E-state index contributed by atoms with van der Waals surface area (Å²) in [5.41, 5.74) is 3.43. The van der Waals surface area contributed by atoms with E-state index in [1.54, 1.807) is 20.8 Å². The number of aromatic nitrogens is 1. The number of sulfonamides is 1. The third kappa shape index (κ3) is 4.44. The van der Waals surface area contributed by atoms with Gasteiger partial charge in [0.15, 0.2) is 0 Å². The summed E-state index contributed by atoms with van der Waals surface area (Å²) in [5.74, 6) is -0.740. The molecule has 0 unspecified atom stereocenters. The maximum atomic E-state index is 13.5. The van der Waals surface area contributed by atoms with Crippen LogP contribution in [-0.4, -0.2) is 60.7 Å². The molecule has 0 bridgehead atoms. The van der Waals surface area contributed by atoms with Crippen molar-refractivity contribution >= 4 is 21.9 Å². The average Bonchev–Trinajstić information content (AvgIpc) is 3.13. The van der Waals surface area contributed by atoms with Crippen molar-refractivity contribution < 1.29 is 22.7 Å². The Bertz CT molecular complexity index is 1160.